The second-order valence-corrected chi connectivity index (χ2v) is 5.45. The Hall–Kier alpha value is -1.68. The fourth-order valence-corrected chi connectivity index (χ4v) is 2.89. The number of benzene rings is 1. The van der Waals surface area contributed by atoms with Gasteiger partial charge in [-0.05, 0) is 48.4 Å². The highest BCUT2D eigenvalue weighted by atomic mass is 16.3. The summed E-state index contributed by atoms with van der Waals surface area (Å²) in [5.74, 6) is 0.283. The lowest BCUT2D eigenvalue weighted by atomic mass is 10.1. The van der Waals surface area contributed by atoms with E-state index in [9.17, 15) is 5.11 Å². The fourth-order valence-electron chi connectivity index (χ4n) is 2.89. The molecular weight excluding hydrogens is 238 g/mol. The van der Waals surface area contributed by atoms with Gasteiger partial charge in [0.05, 0.1) is 18.0 Å². The Bertz CT molecular complexity index is 601. The average molecular weight is 257 g/mol. The van der Waals surface area contributed by atoms with E-state index in [1.807, 2.05) is 4.68 Å². The number of aryl methyl sites for hydroxylation is 2. The summed E-state index contributed by atoms with van der Waals surface area (Å²) >= 11 is 0. The first kappa shape index (κ1) is 12.4. The monoisotopic (exact) mass is 257 g/mol. The molecule has 0 atom stereocenters. The number of aromatic nitrogens is 3. The first-order valence-electron chi connectivity index (χ1n) is 6.88. The molecule has 0 saturated carbocycles. The third kappa shape index (κ3) is 2.06. The summed E-state index contributed by atoms with van der Waals surface area (Å²) in [6.07, 6.45) is 3.59. The Balaban J connectivity index is 2.09. The molecule has 4 heteroatoms. The minimum absolute atomic E-state index is 0.0571. The molecule has 4 nitrogen and oxygen atoms in total. The van der Waals surface area contributed by atoms with Crippen molar-refractivity contribution in [1.29, 1.82) is 0 Å². The SMILES string of the molecule is CC(C)c1c(CO)nnn1-c1ccc2c(c1)CCC2. The lowest BCUT2D eigenvalue weighted by Crippen LogP contribution is -2.06. The van der Waals surface area contributed by atoms with Gasteiger partial charge in [0.15, 0.2) is 0 Å². The zero-order valence-electron chi connectivity index (χ0n) is 11.4. The van der Waals surface area contributed by atoms with E-state index in [1.54, 1.807) is 0 Å². The maximum Gasteiger partial charge on any atom is 0.112 e. The van der Waals surface area contributed by atoms with Crippen LogP contribution in [0.3, 0.4) is 0 Å². The van der Waals surface area contributed by atoms with Crippen LogP contribution in [0, 0.1) is 0 Å². The van der Waals surface area contributed by atoms with Gasteiger partial charge in [-0.15, -0.1) is 5.10 Å². The number of aliphatic hydroxyl groups excluding tert-OH is 1. The smallest absolute Gasteiger partial charge is 0.112 e. The van der Waals surface area contributed by atoms with Crippen molar-refractivity contribution in [3.05, 3.63) is 40.7 Å². The van der Waals surface area contributed by atoms with Crippen molar-refractivity contribution in [2.24, 2.45) is 0 Å². The van der Waals surface area contributed by atoms with Crippen LogP contribution in [0.25, 0.3) is 5.69 Å². The molecule has 0 saturated heterocycles. The maximum atomic E-state index is 9.37. The van der Waals surface area contributed by atoms with Gasteiger partial charge in [0.2, 0.25) is 0 Å². The van der Waals surface area contributed by atoms with Crippen molar-refractivity contribution in [3.8, 4) is 5.69 Å². The van der Waals surface area contributed by atoms with E-state index in [1.165, 1.54) is 24.0 Å². The molecule has 1 aliphatic rings. The minimum Gasteiger partial charge on any atom is -0.390 e. The summed E-state index contributed by atoms with van der Waals surface area (Å²) in [5.41, 5.74) is 5.61. The van der Waals surface area contributed by atoms with Crippen LogP contribution >= 0.6 is 0 Å². The highest BCUT2D eigenvalue weighted by Gasteiger charge is 2.18. The molecular formula is C15H19N3O. The van der Waals surface area contributed by atoms with Crippen LogP contribution in [-0.4, -0.2) is 20.1 Å². The third-order valence-corrected chi connectivity index (χ3v) is 3.80. The van der Waals surface area contributed by atoms with Gasteiger partial charge in [-0.2, -0.15) is 0 Å². The van der Waals surface area contributed by atoms with Crippen molar-refractivity contribution in [1.82, 2.24) is 15.0 Å². The molecule has 1 aliphatic carbocycles. The van der Waals surface area contributed by atoms with E-state index in [0.29, 0.717) is 5.69 Å². The zero-order valence-corrected chi connectivity index (χ0v) is 11.4. The van der Waals surface area contributed by atoms with Gasteiger partial charge in [-0.3, -0.25) is 0 Å². The van der Waals surface area contributed by atoms with Gasteiger partial charge >= 0.3 is 0 Å². The highest BCUT2D eigenvalue weighted by Crippen LogP contribution is 2.27. The largest absolute Gasteiger partial charge is 0.390 e. The van der Waals surface area contributed by atoms with Crippen molar-refractivity contribution in [2.45, 2.75) is 45.6 Å². The Morgan fingerprint density at radius 2 is 2.05 bits per heavy atom. The summed E-state index contributed by atoms with van der Waals surface area (Å²) in [7, 11) is 0. The molecule has 3 rings (SSSR count). The van der Waals surface area contributed by atoms with E-state index in [4.69, 9.17) is 0 Å². The van der Waals surface area contributed by atoms with Gasteiger partial charge in [0.25, 0.3) is 0 Å². The van der Waals surface area contributed by atoms with Crippen molar-refractivity contribution < 1.29 is 5.11 Å². The molecule has 19 heavy (non-hydrogen) atoms. The Kier molecular flexibility index (Phi) is 3.11. The van der Waals surface area contributed by atoms with Crippen LogP contribution in [0.5, 0.6) is 0 Å². The summed E-state index contributed by atoms with van der Waals surface area (Å²) in [5, 5.41) is 17.7. The minimum atomic E-state index is -0.0571. The molecule has 0 spiro atoms. The summed E-state index contributed by atoms with van der Waals surface area (Å²) < 4.78 is 1.87. The Morgan fingerprint density at radius 3 is 2.79 bits per heavy atom. The fraction of sp³-hybridized carbons (Fsp3) is 0.467. The topological polar surface area (TPSA) is 50.9 Å². The quantitative estimate of drug-likeness (QED) is 0.918. The maximum absolute atomic E-state index is 9.37. The third-order valence-electron chi connectivity index (χ3n) is 3.80. The summed E-state index contributed by atoms with van der Waals surface area (Å²) in [6.45, 7) is 4.14. The van der Waals surface area contributed by atoms with Gasteiger partial charge in [0.1, 0.15) is 5.69 Å². The van der Waals surface area contributed by atoms with Crippen LogP contribution in [0.15, 0.2) is 18.2 Å². The molecule has 2 aromatic rings. The predicted molar refractivity (Wildman–Crippen MR) is 73.4 cm³/mol. The van der Waals surface area contributed by atoms with Crippen molar-refractivity contribution >= 4 is 0 Å². The van der Waals surface area contributed by atoms with Crippen LogP contribution in [-0.2, 0) is 19.4 Å². The lowest BCUT2D eigenvalue weighted by Gasteiger charge is -2.11. The molecule has 1 aromatic carbocycles. The van der Waals surface area contributed by atoms with E-state index >= 15 is 0 Å². The summed E-state index contributed by atoms with van der Waals surface area (Å²) in [4.78, 5) is 0. The predicted octanol–water partition coefficient (Wildman–Crippen LogP) is 2.37. The molecule has 0 aliphatic heterocycles. The van der Waals surface area contributed by atoms with E-state index in [0.717, 1.165) is 17.8 Å². The standard InChI is InChI=1S/C15H19N3O/c1-10(2)15-14(9-19)16-17-18(15)13-7-6-11-4-3-5-12(11)8-13/h6-8,10,19H,3-5,9H2,1-2H3. The van der Waals surface area contributed by atoms with Crippen LogP contribution < -0.4 is 0 Å². The first-order chi connectivity index (χ1) is 9.20. The first-order valence-corrected chi connectivity index (χ1v) is 6.88. The number of aliphatic hydroxyl groups is 1. The van der Waals surface area contributed by atoms with E-state index in [-0.39, 0.29) is 12.5 Å². The normalized spacial score (nSPS) is 14.1. The second-order valence-electron chi connectivity index (χ2n) is 5.45. The average Bonchev–Trinajstić information content (AvgIpc) is 3.03. The van der Waals surface area contributed by atoms with Gasteiger partial charge in [-0.25, -0.2) is 4.68 Å². The molecule has 0 unspecified atom stereocenters. The number of rotatable bonds is 3. The molecule has 0 fully saturated rings. The van der Waals surface area contributed by atoms with Crippen molar-refractivity contribution in [2.75, 3.05) is 0 Å². The molecule has 0 radical (unpaired) electrons. The van der Waals surface area contributed by atoms with Crippen LogP contribution in [0.2, 0.25) is 0 Å². The molecule has 1 N–H and O–H groups in total. The van der Waals surface area contributed by atoms with Gasteiger partial charge < -0.3 is 5.11 Å². The van der Waals surface area contributed by atoms with Crippen molar-refractivity contribution in [3.63, 3.8) is 0 Å². The molecule has 100 valence electrons. The molecule has 0 bridgehead atoms. The van der Waals surface area contributed by atoms with E-state index in [2.05, 4.69) is 42.4 Å². The van der Waals surface area contributed by atoms with Crippen LogP contribution in [0.4, 0.5) is 0 Å². The number of hydrogen-bond donors (Lipinski definition) is 1. The second kappa shape index (κ2) is 4.78. The number of fused-ring (bicyclic) bond motifs is 1. The van der Waals surface area contributed by atoms with Gasteiger partial charge in [-0.1, -0.05) is 25.1 Å². The summed E-state index contributed by atoms with van der Waals surface area (Å²) in [6, 6.07) is 6.51. The van der Waals surface area contributed by atoms with Crippen LogP contribution in [0.1, 0.15) is 48.7 Å². The Labute approximate surface area is 113 Å². The lowest BCUT2D eigenvalue weighted by molar-refractivity contribution is 0.275. The van der Waals surface area contributed by atoms with Gasteiger partial charge in [0, 0.05) is 0 Å². The zero-order chi connectivity index (χ0) is 13.4. The highest BCUT2D eigenvalue weighted by molar-refractivity contribution is 5.43. The number of nitrogens with zero attached hydrogens (tertiary/aromatic N) is 3. The molecule has 0 amide bonds. The van der Waals surface area contributed by atoms with E-state index < -0.39 is 0 Å². The Morgan fingerprint density at radius 1 is 1.26 bits per heavy atom. The molecule has 1 heterocycles. The number of hydrogen-bond acceptors (Lipinski definition) is 3. The molecule has 1 aromatic heterocycles.